The number of aromatic nitrogens is 2. The Morgan fingerprint density at radius 1 is 1.13 bits per heavy atom. The molecule has 1 aromatic heterocycles. The molecule has 0 aliphatic carbocycles. The Bertz CT molecular complexity index is 1000. The van der Waals surface area contributed by atoms with Gasteiger partial charge in [-0.25, -0.2) is 4.68 Å². The van der Waals surface area contributed by atoms with Gasteiger partial charge in [-0.1, -0.05) is 61.7 Å². The summed E-state index contributed by atoms with van der Waals surface area (Å²) in [6, 6.07) is 18.1. The number of thioether (sulfide) groups is 1. The molecule has 4 rings (SSSR count). The zero-order valence-electron chi connectivity index (χ0n) is 17.8. The third-order valence-corrected chi connectivity index (χ3v) is 7.14. The van der Waals surface area contributed by atoms with E-state index in [2.05, 4.69) is 24.0 Å². The third-order valence-electron chi connectivity index (χ3n) is 5.66. The van der Waals surface area contributed by atoms with E-state index in [1.165, 1.54) is 0 Å². The first-order chi connectivity index (χ1) is 15.2. The molecule has 1 saturated heterocycles. The molecule has 1 unspecified atom stereocenters. The number of amides is 1. The van der Waals surface area contributed by atoms with Gasteiger partial charge in [0.2, 0.25) is 5.91 Å². The summed E-state index contributed by atoms with van der Waals surface area (Å²) in [5, 5.41) is 5.60. The van der Waals surface area contributed by atoms with E-state index in [4.69, 9.17) is 16.7 Å². The first kappa shape index (κ1) is 22.0. The number of carbonyl (C=O) groups excluding carboxylic acids is 1. The van der Waals surface area contributed by atoms with Gasteiger partial charge in [-0.15, -0.1) is 11.8 Å². The Labute approximate surface area is 193 Å². The summed E-state index contributed by atoms with van der Waals surface area (Å²) < 4.78 is 1.99. The fraction of sp³-hybridized carbons (Fsp3) is 0.360. The zero-order chi connectivity index (χ0) is 21.6. The summed E-state index contributed by atoms with van der Waals surface area (Å²) >= 11 is 8.01. The quantitative estimate of drug-likeness (QED) is 0.380. The number of nitrogens with zero attached hydrogens (tertiary/aromatic N) is 3. The number of unbranched alkanes of at least 4 members (excludes halogenated alkanes) is 2. The van der Waals surface area contributed by atoms with Gasteiger partial charge in [-0.3, -0.25) is 4.79 Å². The summed E-state index contributed by atoms with van der Waals surface area (Å²) in [5.74, 6) is 1.28. The molecule has 1 amide bonds. The van der Waals surface area contributed by atoms with Crippen molar-refractivity contribution in [2.24, 2.45) is 0 Å². The van der Waals surface area contributed by atoms with Gasteiger partial charge in [-0.2, -0.15) is 5.10 Å². The largest absolute Gasteiger partial charge is 0.330 e. The molecule has 1 aliphatic heterocycles. The highest BCUT2D eigenvalue weighted by Gasteiger charge is 2.30. The van der Waals surface area contributed by atoms with Crippen LogP contribution in [0.2, 0.25) is 5.02 Å². The van der Waals surface area contributed by atoms with E-state index in [1.807, 2.05) is 65.1 Å². The number of carbonyl (C=O) groups is 1. The number of hydrogen-bond acceptors (Lipinski definition) is 3. The highest BCUT2D eigenvalue weighted by Crippen LogP contribution is 2.33. The van der Waals surface area contributed by atoms with Crippen molar-refractivity contribution in [3.63, 3.8) is 0 Å². The van der Waals surface area contributed by atoms with Gasteiger partial charge in [0.05, 0.1) is 23.0 Å². The van der Waals surface area contributed by atoms with Crippen LogP contribution in [0, 0.1) is 0 Å². The van der Waals surface area contributed by atoms with Crippen molar-refractivity contribution in [3.05, 3.63) is 71.4 Å². The average Bonchev–Trinajstić information content (AvgIpc) is 3.43. The molecule has 1 aliphatic rings. The van der Waals surface area contributed by atoms with Crippen LogP contribution in [0.4, 0.5) is 0 Å². The van der Waals surface area contributed by atoms with Crippen LogP contribution in [0.5, 0.6) is 0 Å². The molecule has 0 saturated carbocycles. The van der Waals surface area contributed by atoms with Crippen LogP contribution >= 0.6 is 23.4 Å². The molecule has 2 heterocycles. The van der Waals surface area contributed by atoms with Gasteiger partial charge in [-0.05, 0) is 30.7 Å². The van der Waals surface area contributed by atoms with Crippen LogP contribution in [-0.4, -0.2) is 38.3 Å². The Hall–Kier alpha value is -2.24. The molecule has 162 valence electrons. The van der Waals surface area contributed by atoms with E-state index >= 15 is 0 Å². The van der Waals surface area contributed by atoms with Crippen molar-refractivity contribution in [3.8, 4) is 16.9 Å². The number of halogens is 1. The Kier molecular flexibility index (Phi) is 7.36. The van der Waals surface area contributed by atoms with Gasteiger partial charge < -0.3 is 4.90 Å². The molecule has 1 fully saturated rings. The maximum Gasteiger partial charge on any atom is 0.223 e. The third kappa shape index (κ3) is 5.16. The summed E-state index contributed by atoms with van der Waals surface area (Å²) in [6.45, 7) is 3.01. The normalized spacial score (nSPS) is 16.1. The van der Waals surface area contributed by atoms with E-state index in [9.17, 15) is 4.79 Å². The fourth-order valence-corrected chi connectivity index (χ4v) is 5.45. The van der Waals surface area contributed by atoms with Crippen LogP contribution < -0.4 is 0 Å². The Morgan fingerprint density at radius 3 is 2.65 bits per heavy atom. The van der Waals surface area contributed by atoms with Crippen molar-refractivity contribution < 1.29 is 4.79 Å². The second-order valence-electron chi connectivity index (χ2n) is 7.85. The topological polar surface area (TPSA) is 38.1 Å². The molecule has 0 N–H and O–H groups in total. The molecule has 4 nitrogen and oxygen atoms in total. The predicted molar refractivity (Wildman–Crippen MR) is 130 cm³/mol. The monoisotopic (exact) mass is 453 g/mol. The molecular formula is C25H28ClN3OS. The highest BCUT2D eigenvalue weighted by atomic mass is 35.5. The van der Waals surface area contributed by atoms with Crippen molar-refractivity contribution in [1.82, 2.24) is 14.7 Å². The fourth-order valence-electron chi connectivity index (χ4n) is 4.05. The molecule has 31 heavy (non-hydrogen) atoms. The van der Waals surface area contributed by atoms with Crippen molar-refractivity contribution >= 4 is 29.3 Å². The van der Waals surface area contributed by atoms with Crippen LogP contribution in [-0.2, 0) is 11.2 Å². The first-order valence-electron chi connectivity index (χ1n) is 11.0. The molecule has 0 bridgehead atoms. The zero-order valence-corrected chi connectivity index (χ0v) is 19.4. The lowest BCUT2D eigenvalue weighted by Crippen LogP contribution is -2.35. The molecule has 0 radical (unpaired) electrons. The van der Waals surface area contributed by atoms with Gasteiger partial charge in [0.1, 0.15) is 0 Å². The lowest BCUT2D eigenvalue weighted by molar-refractivity contribution is -0.131. The molecule has 6 heteroatoms. The van der Waals surface area contributed by atoms with Gasteiger partial charge in [0.15, 0.2) is 0 Å². The lowest BCUT2D eigenvalue weighted by Gasteiger charge is -2.24. The second kappa shape index (κ2) is 10.4. The summed E-state index contributed by atoms with van der Waals surface area (Å²) in [4.78, 5) is 14.9. The minimum Gasteiger partial charge on any atom is -0.330 e. The van der Waals surface area contributed by atoms with E-state index in [1.54, 1.807) is 0 Å². The van der Waals surface area contributed by atoms with Crippen molar-refractivity contribution in [2.75, 3.05) is 12.3 Å². The minimum absolute atomic E-state index is 0.161. The summed E-state index contributed by atoms with van der Waals surface area (Å²) in [6.07, 6.45) is 6.62. The van der Waals surface area contributed by atoms with E-state index in [-0.39, 0.29) is 11.3 Å². The van der Waals surface area contributed by atoms with E-state index < -0.39 is 0 Å². The SMILES string of the molecule is CCCCCC(=O)N1CCSC1Cc1cnn(-c2ccccc2)c1-c1ccc(Cl)cc1. The van der Waals surface area contributed by atoms with Gasteiger partial charge >= 0.3 is 0 Å². The van der Waals surface area contributed by atoms with Crippen LogP contribution in [0.1, 0.15) is 38.2 Å². The second-order valence-corrected chi connectivity index (χ2v) is 9.57. The highest BCUT2D eigenvalue weighted by molar-refractivity contribution is 8.00. The lowest BCUT2D eigenvalue weighted by atomic mass is 10.0. The molecule has 1 atom stereocenters. The van der Waals surface area contributed by atoms with E-state index in [0.717, 1.165) is 60.5 Å². The van der Waals surface area contributed by atoms with Crippen LogP contribution in [0.25, 0.3) is 16.9 Å². The number of benzene rings is 2. The van der Waals surface area contributed by atoms with Crippen LogP contribution in [0.15, 0.2) is 60.8 Å². The minimum atomic E-state index is 0.161. The van der Waals surface area contributed by atoms with E-state index in [0.29, 0.717) is 11.4 Å². The standard InChI is InChI=1S/C25H28ClN3OS/c1-2-3-5-10-23(30)28-15-16-31-24(28)17-20-18-27-29(22-8-6-4-7-9-22)25(20)19-11-13-21(26)14-12-19/h4,6-9,11-14,18,24H,2-3,5,10,15-17H2,1H3. The van der Waals surface area contributed by atoms with Crippen LogP contribution in [0.3, 0.4) is 0 Å². The average molecular weight is 454 g/mol. The first-order valence-corrected chi connectivity index (χ1v) is 12.4. The number of para-hydroxylation sites is 1. The molecule has 0 spiro atoms. The Balaban J connectivity index is 1.63. The smallest absolute Gasteiger partial charge is 0.223 e. The summed E-state index contributed by atoms with van der Waals surface area (Å²) in [7, 11) is 0. The predicted octanol–water partition coefficient (Wildman–Crippen LogP) is 6.22. The maximum absolute atomic E-state index is 12.8. The maximum atomic E-state index is 12.8. The molecule has 2 aromatic carbocycles. The number of rotatable bonds is 8. The van der Waals surface area contributed by atoms with Gasteiger partial charge in [0, 0.05) is 41.3 Å². The van der Waals surface area contributed by atoms with Crippen molar-refractivity contribution in [2.45, 2.75) is 44.4 Å². The van der Waals surface area contributed by atoms with Gasteiger partial charge in [0.25, 0.3) is 0 Å². The van der Waals surface area contributed by atoms with Crippen molar-refractivity contribution in [1.29, 1.82) is 0 Å². The number of hydrogen-bond donors (Lipinski definition) is 0. The Morgan fingerprint density at radius 2 is 1.90 bits per heavy atom. The summed E-state index contributed by atoms with van der Waals surface area (Å²) in [5.41, 5.74) is 4.31. The molecular weight excluding hydrogens is 426 g/mol. The molecule has 3 aromatic rings.